The first-order valence-electron chi connectivity index (χ1n) is 5.93. The molecule has 0 radical (unpaired) electrons. The zero-order valence-corrected chi connectivity index (χ0v) is 11.9. The van der Waals surface area contributed by atoms with Crippen molar-refractivity contribution in [1.82, 2.24) is 4.31 Å². The van der Waals surface area contributed by atoms with Crippen LogP contribution in [0.2, 0.25) is 0 Å². The van der Waals surface area contributed by atoms with Crippen LogP contribution in [0.15, 0.2) is 29.2 Å². The van der Waals surface area contributed by atoms with Crippen LogP contribution in [0, 0.1) is 0 Å². The van der Waals surface area contributed by atoms with E-state index in [-0.39, 0.29) is 24.0 Å². The van der Waals surface area contributed by atoms with Crippen molar-refractivity contribution >= 4 is 15.9 Å². The number of nitrogens with two attached hydrogens (primary N) is 2. The summed E-state index contributed by atoms with van der Waals surface area (Å²) in [5.41, 5.74) is 11.6. The SMILES string of the molecule is CCN(CC(N)=O)S(=O)(=O)c1ccc(C(C)N)cc1. The third kappa shape index (κ3) is 3.76. The molecular formula is C12H19N3O3S. The monoisotopic (exact) mass is 285 g/mol. The van der Waals surface area contributed by atoms with Gasteiger partial charge in [-0.25, -0.2) is 8.42 Å². The smallest absolute Gasteiger partial charge is 0.243 e. The summed E-state index contributed by atoms with van der Waals surface area (Å²) in [7, 11) is -3.70. The fourth-order valence-corrected chi connectivity index (χ4v) is 3.05. The van der Waals surface area contributed by atoms with E-state index in [0.29, 0.717) is 0 Å². The highest BCUT2D eigenvalue weighted by Gasteiger charge is 2.24. The van der Waals surface area contributed by atoms with Gasteiger partial charge in [0.05, 0.1) is 11.4 Å². The molecule has 1 unspecified atom stereocenters. The molecule has 0 saturated heterocycles. The van der Waals surface area contributed by atoms with E-state index in [1.54, 1.807) is 19.1 Å². The fourth-order valence-electron chi connectivity index (χ4n) is 1.63. The molecule has 6 nitrogen and oxygen atoms in total. The van der Waals surface area contributed by atoms with E-state index >= 15 is 0 Å². The van der Waals surface area contributed by atoms with Crippen LogP contribution in [0.3, 0.4) is 0 Å². The van der Waals surface area contributed by atoms with E-state index in [1.165, 1.54) is 12.1 Å². The summed E-state index contributed by atoms with van der Waals surface area (Å²) in [4.78, 5) is 11.0. The molecular weight excluding hydrogens is 266 g/mol. The van der Waals surface area contributed by atoms with Crippen LogP contribution < -0.4 is 11.5 Å². The molecule has 0 spiro atoms. The Kier molecular flexibility index (Phi) is 5.04. The van der Waals surface area contributed by atoms with Crippen LogP contribution >= 0.6 is 0 Å². The van der Waals surface area contributed by atoms with Gasteiger partial charge in [0, 0.05) is 12.6 Å². The molecule has 19 heavy (non-hydrogen) atoms. The highest BCUT2D eigenvalue weighted by Crippen LogP contribution is 2.18. The Labute approximate surface area is 113 Å². The molecule has 106 valence electrons. The molecule has 0 aliphatic carbocycles. The molecule has 7 heteroatoms. The number of carbonyl (C=O) groups excluding carboxylic acids is 1. The Morgan fingerprint density at radius 3 is 2.21 bits per heavy atom. The highest BCUT2D eigenvalue weighted by molar-refractivity contribution is 7.89. The lowest BCUT2D eigenvalue weighted by atomic mass is 10.1. The average molecular weight is 285 g/mol. The second-order valence-electron chi connectivity index (χ2n) is 4.26. The lowest BCUT2D eigenvalue weighted by Crippen LogP contribution is -2.38. The minimum Gasteiger partial charge on any atom is -0.369 e. The third-order valence-electron chi connectivity index (χ3n) is 2.73. The second kappa shape index (κ2) is 6.14. The summed E-state index contributed by atoms with van der Waals surface area (Å²) in [6.45, 7) is 3.32. The van der Waals surface area contributed by atoms with Crippen LogP contribution in [0.1, 0.15) is 25.5 Å². The molecule has 0 aliphatic rings. The lowest BCUT2D eigenvalue weighted by Gasteiger charge is -2.19. The van der Waals surface area contributed by atoms with Gasteiger partial charge in [-0.3, -0.25) is 4.79 Å². The van der Waals surface area contributed by atoms with Gasteiger partial charge in [0.25, 0.3) is 0 Å². The van der Waals surface area contributed by atoms with Crippen molar-refractivity contribution in [3.63, 3.8) is 0 Å². The summed E-state index contributed by atoms with van der Waals surface area (Å²) < 4.78 is 25.6. The van der Waals surface area contributed by atoms with Crippen LogP contribution in [0.4, 0.5) is 0 Å². The van der Waals surface area contributed by atoms with E-state index in [0.717, 1.165) is 9.87 Å². The summed E-state index contributed by atoms with van der Waals surface area (Å²) in [5.74, 6) is -0.683. The maximum Gasteiger partial charge on any atom is 0.243 e. The minimum atomic E-state index is -3.70. The molecule has 1 amide bonds. The Morgan fingerprint density at radius 1 is 1.32 bits per heavy atom. The topological polar surface area (TPSA) is 106 Å². The predicted molar refractivity (Wildman–Crippen MR) is 72.7 cm³/mol. The first kappa shape index (κ1) is 15.6. The molecule has 1 aromatic carbocycles. The third-order valence-corrected chi connectivity index (χ3v) is 4.66. The maximum absolute atomic E-state index is 12.3. The van der Waals surface area contributed by atoms with Crippen LogP contribution in [-0.2, 0) is 14.8 Å². The lowest BCUT2D eigenvalue weighted by molar-refractivity contribution is -0.118. The van der Waals surface area contributed by atoms with Crippen molar-refractivity contribution in [2.75, 3.05) is 13.1 Å². The van der Waals surface area contributed by atoms with Crippen molar-refractivity contribution < 1.29 is 13.2 Å². The zero-order valence-electron chi connectivity index (χ0n) is 11.0. The molecule has 0 aromatic heterocycles. The van der Waals surface area contributed by atoms with Gasteiger partial charge in [-0.15, -0.1) is 0 Å². The number of nitrogens with zero attached hydrogens (tertiary/aromatic N) is 1. The summed E-state index contributed by atoms with van der Waals surface area (Å²) in [6, 6.07) is 6.13. The second-order valence-corrected chi connectivity index (χ2v) is 6.19. The Bertz CT molecular complexity index is 538. The number of carbonyl (C=O) groups is 1. The molecule has 1 rings (SSSR count). The molecule has 0 heterocycles. The van der Waals surface area contributed by atoms with E-state index in [4.69, 9.17) is 11.5 Å². The molecule has 1 aromatic rings. The number of benzene rings is 1. The van der Waals surface area contributed by atoms with Gasteiger partial charge >= 0.3 is 0 Å². The van der Waals surface area contributed by atoms with Crippen molar-refractivity contribution in [1.29, 1.82) is 0 Å². The summed E-state index contributed by atoms with van der Waals surface area (Å²) in [6.07, 6.45) is 0. The summed E-state index contributed by atoms with van der Waals surface area (Å²) in [5, 5.41) is 0. The number of hydrogen-bond acceptors (Lipinski definition) is 4. The predicted octanol–water partition coefficient (Wildman–Crippen LogP) is 0.202. The first-order chi connectivity index (χ1) is 8.78. The van der Waals surface area contributed by atoms with Gasteiger partial charge in [0.15, 0.2) is 0 Å². The standard InChI is InChI=1S/C12H19N3O3S/c1-3-15(8-12(14)16)19(17,18)11-6-4-10(5-7-11)9(2)13/h4-7,9H,3,8,13H2,1-2H3,(H2,14,16). The Balaban J connectivity index is 3.08. The van der Waals surface area contributed by atoms with Crippen molar-refractivity contribution in [3.05, 3.63) is 29.8 Å². The first-order valence-corrected chi connectivity index (χ1v) is 7.37. The summed E-state index contributed by atoms with van der Waals surface area (Å²) >= 11 is 0. The highest BCUT2D eigenvalue weighted by atomic mass is 32.2. The van der Waals surface area contributed by atoms with Crippen LogP contribution in [-0.4, -0.2) is 31.7 Å². The van der Waals surface area contributed by atoms with E-state index in [2.05, 4.69) is 0 Å². The van der Waals surface area contributed by atoms with Gasteiger partial charge in [-0.05, 0) is 24.6 Å². The van der Waals surface area contributed by atoms with Crippen LogP contribution in [0.5, 0.6) is 0 Å². The van der Waals surface area contributed by atoms with Gasteiger partial charge in [0.1, 0.15) is 0 Å². The molecule has 1 atom stereocenters. The number of likely N-dealkylation sites (N-methyl/N-ethyl adjacent to an activating group) is 1. The largest absolute Gasteiger partial charge is 0.369 e. The van der Waals surface area contributed by atoms with Crippen molar-refractivity contribution in [2.45, 2.75) is 24.8 Å². The molecule has 0 fully saturated rings. The van der Waals surface area contributed by atoms with E-state index in [9.17, 15) is 13.2 Å². The molecule has 4 N–H and O–H groups in total. The van der Waals surface area contributed by atoms with Crippen molar-refractivity contribution in [3.8, 4) is 0 Å². The number of rotatable bonds is 6. The Hall–Kier alpha value is -1.44. The van der Waals surface area contributed by atoms with Gasteiger partial charge in [0.2, 0.25) is 15.9 Å². The minimum absolute atomic E-state index is 0.125. The number of primary amides is 1. The quantitative estimate of drug-likeness (QED) is 0.778. The molecule has 0 aliphatic heterocycles. The van der Waals surface area contributed by atoms with Crippen molar-refractivity contribution in [2.24, 2.45) is 11.5 Å². The van der Waals surface area contributed by atoms with Gasteiger partial charge in [-0.2, -0.15) is 4.31 Å². The fraction of sp³-hybridized carbons (Fsp3) is 0.417. The number of hydrogen-bond donors (Lipinski definition) is 2. The van der Waals surface area contributed by atoms with Gasteiger partial charge < -0.3 is 11.5 Å². The zero-order chi connectivity index (χ0) is 14.6. The van der Waals surface area contributed by atoms with E-state index < -0.39 is 15.9 Å². The van der Waals surface area contributed by atoms with E-state index in [1.807, 2.05) is 6.92 Å². The average Bonchev–Trinajstić information content (AvgIpc) is 2.35. The van der Waals surface area contributed by atoms with Gasteiger partial charge in [-0.1, -0.05) is 19.1 Å². The number of sulfonamides is 1. The Morgan fingerprint density at radius 2 is 1.84 bits per heavy atom. The maximum atomic E-state index is 12.3. The number of amides is 1. The van der Waals surface area contributed by atoms with Crippen LogP contribution in [0.25, 0.3) is 0 Å². The normalized spacial score (nSPS) is 13.5. The molecule has 0 saturated carbocycles. The molecule has 0 bridgehead atoms.